The van der Waals surface area contributed by atoms with Gasteiger partial charge in [0.05, 0.1) is 10.2 Å². The Bertz CT molecular complexity index is 674. The molecule has 1 aromatic rings. The van der Waals surface area contributed by atoms with Crippen molar-refractivity contribution in [1.29, 1.82) is 0 Å². The fourth-order valence-electron chi connectivity index (χ4n) is 4.93. The second-order valence-electron chi connectivity index (χ2n) is 8.01. The number of halogens is 3. The van der Waals surface area contributed by atoms with Crippen LogP contribution in [0.3, 0.4) is 0 Å². The molecule has 0 spiro atoms. The molecule has 0 radical (unpaired) electrons. The fraction of sp³-hybridized carbons (Fsp3) is 0.778. The lowest BCUT2D eigenvalue weighted by Gasteiger charge is -2.28. The normalized spacial score (nSPS) is 29.4. The molecule has 0 unspecified atom stereocenters. The zero-order valence-corrected chi connectivity index (χ0v) is 15.9. The Morgan fingerprint density at radius 3 is 2.64 bits per heavy atom. The number of amides is 1. The summed E-state index contributed by atoms with van der Waals surface area (Å²) in [6, 6.07) is 0.140. The van der Waals surface area contributed by atoms with E-state index in [1.807, 2.05) is 0 Å². The van der Waals surface area contributed by atoms with Crippen LogP contribution in [0.25, 0.3) is 0 Å². The summed E-state index contributed by atoms with van der Waals surface area (Å²) in [4.78, 5) is 12.5. The Hall–Kier alpha value is -0.980. The molecule has 1 aromatic heterocycles. The lowest BCUT2D eigenvalue weighted by Crippen LogP contribution is -2.41. The lowest BCUT2D eigenvalue weighted by molar-refractivity contribution is -0.123. The van der Waals surface area contributed by atoms with Gasteiger partial charge in [0, 0.05) is 12.0 Å². The molecule has 0 saturated heterocycles. The molecule has 0 aliphatic heterocycles. The number of nitrogens with zero attached hydrogens (tertiary/aromatic N) is 2. The van der Waals surface area contributed by atoms with Gasteiger partial charge in [0.25, 0.3) is 6.43 Å². The number of carbonyl (C=O) groups excluding carboxylic acids is 1. The van der Waals surface area contributed by atoms with E-state index in [0.717, 1.165) is 30.4 Å². The van der Waals surface area contributed by atoms with Gasteiger partial charge in [-0.25, -0.2) is 8.78 Å². The van der Waals surface area contributed by atoms with E-state index >= 15 is 0 Å². The van der Waals surface area contributed by atoms with Crippen LogP contribution in [-0.2, 0) is 11.3 Å². The molecule has 4 atom stereocenters. The van der Waals surface area contributed by atoms with Gasteiger partial charge in [0.2, 0.25) is 5.91 Å². The van der Waals surface area contributed by atoms with Gasteiger partial charge in [-0.2, -0.15) is 5.10 Å². The summed E-state index contributed by atoms with van der Waals surface area (Å²) in [5.74, 6) is 2.25. The number of hydrogen-bond donors (Lipinski definition) is 1. The Morgan fingerprint density at radius 2 is 2.08 bits per heavy atom. The summed E-state index contributed by atoms with van der Waals surface area (Å²) >= 11 is 3.26. The summed E-state index contributed by atoms with van der Waals surface area (Å²) in [6.45, 7) is 2.09. The van der Waals surface area contributed by atoms with Crippen LogP contribution in [0.15, 0.2) is 4.47 Å². The predicted molar refractivity (Wildman–Crippen MR) is 93.4 cm³/mol. The molecule has 138 valence electrons. The van der Waals surface area contributed by atoms with Crippen LogP contribution in [0, 0.1) is 17.8 Å². The molecule has 2 bridgehead atoms. The van der Waals surface area contributed by atoms with Gasteiger partial charge < -0.3 is 5.32 Å². The van der Waals surface area contributed by atoms with Gasteiger partial charge in [-0.3, -0.25) is 9.48 Å². The fourth-order valence-corrected chi connectivity index (χ4v) is 5.71. The van der Waals surface area contributed by atoms with E-state index in [-0.39, 0.29) is 30.1 Å². The maximum Gasteiger partial charge on any atom is 0.283 e. The molecule has 1 N–H and O–H groups in total. The quantitative estimate of drug-likeness (QED) is 0.747. The molecular weight excluding hydrogens is 392 g/mol. The zero-order chi connectivity index (χ0) is 17.7. The highest BCUT2D eigenvalue weighted by molar-refractivity contribution is 9.10. The van der Waals surface area contributed by atoms with Crippen LogP contribution in [-0.4, -0.2) is 21.7 Å². The largest absolute Gasteiger partial charge is 0.352 e. The highest BCUT2D eigenvalue weighted by atomic mass is 79.9. The molecular formula is C18H24BrF2N3O. The second kappa shape index (κ2) is 6.63. The topological polar surface area (TPSA) is 46.9 Å². The van der Waals surface area contributed by atoms with E-state index in [2.05, 4.69) is 33.3 Å². The maximum absolute atomic E-state index is 13.1. The average molecular weight is 416 g/mol. The third kappa shape index (κ3) is 3.36. The molecule has 25 heavy (non-hydrogen) atoms. The van der Waals surface area contributed by atoms with Crippen molar-refractivity contribution in [1.82, 2.24) is 15.1 Å². The summed E-state index contributed by atoms with van der Waals surface area (Å²) in [7, 11) is 0. The number of fused-ring (bicyclic) bond motifs is 2. The average Bonchev–Trinajstić information content (AvgIpc) is 3.02. The molecule has 7 heteroatoms. The van der Waals surface area contributed by atoms with Crippen LogP contribution in [0.5, 0.6) is 0 Å². The van der Waals surface area contributed by atoms with Crippen molar-refractivity contribution < 1.29 is 13.6 Å². The van der Waals surface area contributed by atoms with E-state index in [1.165, 1.54) is 30.4 Å². The Kier molecular flexibility index (Phi) is 4.63. The van der Waals surface area contributed by atoms with Crippen molar-refractivity contribution in [2.75, 3.05) is 0 Å². The van der Waals surface area contributed by atoms with Gasteiger partial charge in [0.15, 0.2) is 0 Å². The van der Waals surface area contributed by atoms with Crippen LogP contribution < -0.4 is 5.32 Å². The van der Waals surface area contributed by atoms with E-state index in [0.29, 0.717) is 10.4 Å². The van der Waals surface area contributed by atoms with Crippen molar-refractivity contribution in [2.24, 2.45) is 17.8 Å². The monoisotopic (exact) mass is 415 g/mol. The van der Waals surface area contributed by atoms with Gasteiger partial charge in [-0.05, 0) is 72.7 Å². The van der Waals surface area contributed by atoms with Crippen molar-refractivity contribution in [2.45, 2.75) is 70.4 Å². The van der Waals surface area contributed by atoms with Crippen molar-refractivity contribution in [3.8, 4) is 0 Å². The molecule has 4 nitrogen and oxygen atoms in total. The van der Waals surface area contributed by atoms with E-state index in [9.17, 15) is 13.6 Å². The van der Waals surface area contributed by atoms with Crippen LogP contribution >= 0.6 is 15.9 Å². The number of alkyl halides is 2. The molecule has 3 saturated carbocycles. The van der Waals surface area contributed by atoms with E-state index in [1.54, 1.807) is 0 Å². The first-order valence-corrected chi connectivity index (χ1v) is 10.1. The third-order valence-corrected chi connectivity index (χ3v) is 7.06. The minimum absolute atomic E-state index is 0.0162. The third-order valence-electron chi connectivity index (χ3n) is 6.24. The van der Waals surface area contributed by atoms with Crippen molar-refractivity contribution in [3.63, 3.8) is 0 Å². The zero-order valence-electron chi connectivity index (χ0n) is 14.4. The van der Waals surface area contributed by atoms with Crippen LogP contribution in [0.1, 0.15) is 69.2 Å². The summed E-state index contributed by atoms with van der Waals surface area (Å²) in [5.41, 5.74) is 0.494. The first-order valence-electron chi connectivity index (χ1n) is 9.27. The first kappa shape index (κ1) is 17.4. The van der Waals surface area contributed by atoms with Crippen LogP contribution in [0.4, 0.5) is 8.78 Å². The maximum atomic E-state index is 13.1. The first-order chi connectivity index (χ1) is 11.9. The Labute approximate surface area is 154 Å². The van der Waals surface area contributed by atoms with E-state index < -0.39 is 6.43 Å². The standard InChI is InChI=1S/C18H24BrF2N3O/c1-9(13-7-10-2-3-12(13)6-10)22-14(25)8-24-17(11-4-5-11)15(19)16(23-24)18(20)21/h9-13,18H,2-8H2,1H3,(H,22,25)/t9-,10-,12-,13-/m1/s1. The summed E-state index contributed by atoms with van der Waals surface area (Å²) in [6.07, 6.45) is 4.44. The van der Waals surface area contributed by atoms with Gasteiger partial charge >= 0.3 is 0 Å². The van der Waals surface area contributed by atoms with E-state index in [4.69, 9.17) is 0 Å². The number of aromatic nitrogens is 2. The number of hydrogen-bond acceptors (Lipinski definition) is 2. The summed E-state index contributed by atoms with van der Waals surface area (Å²) in [5, 5.41) is 7.11. The highest BCUT2D eigenvalue weighted by Gasteiger charge is 2.42. The van der Waals surface area contributed by atoms with Gasteiger partial charge in [-0.15, -0.1) is 0 Å². The number of nitrogens with one attached hydrogen (secondary N) is 1. The summed E-state index contributed by atoms with van der Waals surface area (Å²) < 4.78 is 28.1. The molecule has 3 aliphatic carbocycles. The smallest absolute Gasteiger partial charge is 0.283 e. The minimum atomic E-state index is -2.64. The SMILES string of the molecule is C[C@@H](NC(=O)Cn1nc(C(F)F)c(Br)c1C1CC1)[C@H]1C[C@@H]2CC[C@@H]1C2. The Morgan fingerprint density at radius 1 is 1.32 bits per heavy atom. The van der Waals surface area contributed by atoms with Gasteiger partial charge in [0.1, 0.15) is 12.2 Å². The van der Waals surface area contributed by atoms with Gasteiger partial charge in [-0.1, -0.05) is 6.42 Å². The molecule has 1 amide bonds. The Balaban J connectivity index is 1.43. The minimum Gasteiger partial charge on any atom is -0.352 e. The predicted octanol–water partition coefficient (Wildman–Crippen LogP) is 4.40. The van der Waals surface area contributed by atoms with Crippen molar-refractivity contribution >= 4 is 21.8 Å². The van der Waals surface area contributed by atoms with Crippen LogP contribution in [0.2, 0.25) is 0 Å². The molecule has 3 fully saturated rings. The van der Waals surface area contributed by atoms with Crippen molar-refractivity contribution in [3.05, 3.63) is 15.9 Å². The molecule has 3 aliphatic rings. The molecule has 1 heterocycles. The number of carbonyl (C=O) groups is 1. The highest BCUT2D eigenvalue weighted by Crippen LogP contribution is 2.49. The molecule has 0 aromatic carbocycles. The second-order valence-corrected chi connectivity index (χ2v) is 8.80. The number of rotatable bonds is 6. The molecule has 4 rings (SSSR count). The lowest BCUT2D eigenvalue weighted by atomic mass is 9.84.